The lowest BCUT2D eigenvalue weighted by molar-refractivity contribution is -0.0512. The Morgan fingerprint density at radius 2 is 1.78 bits per heavy atom. The second-order valence-electron chi connectivity index (χ2n) is 7.30. The molecule has 0 amide bonds. The summed E-state index contributed by atoms with van der Waals surface area (Å²) in [4.78, 5) is 6.65. The molecular weight excluding hydrogens is 418 g/mol. The molecule has 3 rings (SSSR count). The Morgan fingerprint density at radius 1 is 1.06 bits per heavy atom. The van der Waals surface area contributed by atoms with Crippen molar-refractivity contribution in [2.75, 3.05) is 40.5 Å². The smallest absolute Gasteiger partial charge is 0.387 e. The van der Waals surface area contributed by atoms with E-state index in [9.17, 15) is 8.78 Å². The van der Waals surface area contributed by atoms with Gasteiger partial charge in [-0.05, 0) is 28.8 Å². The molecule has 0 atom stereocenters. The van der Waals surface area contributed by atoms with Crippen molar-refractivity contribution >= 4 is 5.96 Å². The van der Waals surface area contributed by atoms with E-state index in [1.807, 2.05) is 6.07 Å². The van der Waals surface area contributed by atoms with Gasteiger partial charge in [0.25, 0.3) is 0 Å². The topological polar surface area (TPSA) is 67.4 Å². The van der Waals surface area contributed by atoms with Gasteiger partial charge in [0.2, 0.25) is 0 Å². The van der Waals surface area contributed by atoms with Gasteiger partial charge in [0.1, 0.15) is 0 Å². The van der Waals surface area contributed by atoms with Crippen LogP contribution < -0.4 is 20.1 Å². The van der Waals surface area contributed by atoms with Crippen LogP contribution in [0.3, 0.4) is 0 Å². The van der Waals surface area contributed by atoms with Gasteiger partial charge in [-0.15, -0.1) is 0 Å². The second kappa shape index (κ2) is 12.2. The lowest BCUT2D eigenvalue weighted by atomic mass is 10.1. The molecule has 0 spiro atoms. The Kier molecular flexibility index (Phi) is 9.06. The van der Waals surface area contributed by atoms with Crippen molar-refractivity contribution in [3.63, 3.8) is 0 Å². The Labute approximate surface area is 187 Å². The summed E-state index contributed by atoms with van der Waals surface area (Å²) in [6.45, 7) is 2.37. The van der Waals surface area contributed by atoms with Crippen LogP contribution in [0, 0.1) is 0 Å². The fraction of sp³-hybridized carbons (Fsp3) is 0.435. The van der Waals surface area contributed by atoms with Crippen molar-refractivity contribution in [3.8, 4) is 11.5 Å². The highest BCUT2D eigenvalue weighted by Crippen LogP contribution is 2.29. The average Bonchev–Trinajstić information content (AvgIpc) is 2.80. The number of ether oxygens (including phenoxy) is 3. The van der Waals surface area contributed by atoms with E-state index in [0.29, 0.717) is 19.0 Å². The maximum Gasteiger partial charge on any atom is 0.387 e. The van der Waals surface area contributed by atoms with Crippen molar-refractivity contribution < 1.29 is 23.0 Å². The molecule has 0 radical (unpaired) electrons. The molecule has 1 aliphatic rings. The fourth-order valence-electron chi connectivity index (χ4n) is 3.49. The van der Waals surface area contributed by atoms with Crippen LogP contribution in [0.15, 0.2) is 47.5 Å². The SMILES string of the molecule is CN=C(NCc1ccc(OC)c(OC(F)F)c1)NCc1ccccc1CN1CCOCC1. The summed E-state index contributed by atoms with van der Waals surface area (Å²) in [7, 11) is 3.10. The highest BCUT2D eigenvalue weighted by atomic mass is 19.3. The van der Waals surface area contributed by atoms with Gasteiger partial charge in [-0.25, -0.2) is 0 Å². The van der Waals surface area contributed by atoms with E-state index in [2.05, 4.69) is 43.5 Å². The van der Waals surface area contributed by atoms with Crippen molar-refractivity contribution in [2.24, 2.45) is 4.99 Å². The zero-order valence-corrected chi connectivity index (χ0v) is 18.4. The average molecular weight is 449 g/mol. The first-order valence-corrected chi connectivity index (χ1v) is 10.5. The summed E-state index contributed by atoms with van der Waals surface area (Å²) in [6.07, 6.45) is 0. The number of aliphatic imine (C=N–C) groups is 1. The van der Waals surface area contributed by atoms with Gasteiger partial charge in [0, 0.05) is 39.8 Å². The van der Waals surface area contributed by atoms with Gasteiger partial charge in [-0.2, -0.15) is 8.78 Å². The Hall–Kier alpha value is -2.91. The summed E-state index contributed by atoms with van der Waals surface area (Å²) < 4.78 is 40.4. The van der Waals surface area contributed by atoms with E-state index >= 15 is 0 Å². The van der Waals surface area contributed by atoms with Crippen molar-refractivity contribution in [1.82, 2.24) is 15.5 Å². The molecular formula is C23H30F2N4O3. The highest BCUT2D eigenvalue weighted by Gasteiger charge is 2.14. The number of rotatable bonds is 9. The largest absolute Gasteiger partial charge is 0.493 e. The molecule has 9 heteroatoms. The number of methoxy groups -OCH3 is 1. The number of morpholine rings is 1. The summed E-state index contributed by atoms with van der Waals surface area (Å²) in [5.41, 5.74) is 3.22. The molecule has 0 aromatic heterocycles. The quantitative estimate of drug-likeness (QED) is 0.454. The van der Waals surface area contributed by atoms with E-state index in [0.717, 1.165) is 38.4 Å². The predicted molar refractivity (Wildman–Crippen MR) is 119 cm³/mol. The molecule has 2 N–H and O–H groups in total. The van der Waals surface area contributed by atoms with Crippen molar-refractivity contribution in [3.05, 3.63) is 59.2 Å². The molecule has 0 unspecified atom stereocenters. The number of hydrogen-bond donors (Lipinski definition) is 2. The maximum absolute atomic E-state index is 12.6. The first kappa shape index (κ1) is 23.7. The molecule has 1 fully saturated rings. The maximum atomic E-state index is 12.6. The second-order valence-corrected chi connectivity index (χ2v) is 7.30. The van der Waals surface area contributed by atoms with Crippen LogP contribution in [0.4, 0.5) is 8.78 Å². The third-order valence-corrected chi connectivity index (χ3v) is 5.19. The van der Waals surface area contributed by atoms with Crippen LogP contribution in [0.1, 0.15) is 16.7 Å². The molecule has 0 aliphatic carbocycles. The van der Waals surface area contributed by atoms with Crippen molar-refractivity contribution in [2.45, 2.75) is 26.2 Å². The Bertz CT molecular complexity index is 889. The fourth-order valence-corrected chi connectivity index (χ4v) is 3.49. The molecule has 2 aromatic carbocycles. The molecule has 1 aliphatic heterocycles. The van der Waals surface area contributed by atoms with E-state index in [-0.39, 0.29) is 11.5 Å². The van der Waals surface area contributed by atoms with E-state index in [1.165, 1.54) is 24.3 Å². The molecule has 0 bridgehead atoms. The normalized spacial score (nSPS) is 15.0. The molecule has 0 saturated carbocycles. The lowest BCUT2D eigenvalue weighted by Gasteiger charge is -2.27. The van der Waals surface area contributed by atoms with Crippen molar-refractivity contribution in [1.29, 1.82) is 0 Å². The number of nitrogens with zero attached hydrogens (tertiary/aromatic N) is 2. The summed E-state index contributed by atoms with van der Waals surface area (Å²) in [6, 6.07) is 13.2. The predicted octanol–water partition coefficient (Wildman–Crippen LogP) is 2.99. The van der Waals surface area contributed by atoms with Gasteiger partial charge in [-0.1, -0.05) is 30.3 Å². The number of benzene rings is 2. The zero-order chi connectivity index (χ0) is 22.8. The molecule has 174 valence electrons. The summed E-state index contributed by atoms with van der Waals surface area (Å²) in [5, 5.41) is 6.53. The minimum atomic E-state index is -2.92. The van der Waals surface area contributed by atoms with Gasteiger partial charge in [-0.3, -0.25) is 9.89 Å². The van der Waals surface area contributed by atoms with Crippen LogP contribution in [-0.4, -0.2) is 57.9 Å². The Balaban J connectivity index is 1.57. The standard InChI is InChI=1S/C23H30F2N4O3/c1-26-23(27-14-17-7-8-20(30-2)21(13-17)32-22(24)25)28-15-18-5-3-4-6-19(18)16-29-9-11-31-12-10-29/h3-8,13,22H,9-12,14-16H2,1-2H3,(H2,26,27,28). The van der Waals surface area contributed by atoms with E-state index in [1.54, 1.807) is 19.2 Å². The molecule has 32 heavy (non-hydrogen) atoms. The lowest BCUT2D eigenvalue weighted by Crippen LogP contribution is -2.37. The first-order valence-electron chi connectivity index (χ1n) is 10.5. The highest BCUT2D eigenvalue weighted by molar-refractivity contribution is 5.79. The Morgan fingerprint density at radius 3 is 2.47 bits per heavy atom. The van der Waals surface area contributed by atoms with E-state index in [4.69, 9.17) is 9.47 Å². The van der Waals surface area contributed by atoms with E-state index < -0.39 is 6.61 Å². The zero-order valence-electron chi connectivity index (χ0n) is 18.4. The number of nitrogens with one attached hydrogen (secondary N) is 2. The van der Waals surface area contributed by atoms with Crippen LogP contribution in [-0.2, 0) is 24.4 Å². The van der Waals surface area contributed by atoms with Crippen LogP contribution >= 0.6 is 0 Å². The number of hydrogen-bond acceptors (Lipinski definition) is 5. The van der Waals surface area contributed by atoms with Gasteiger partial charge < -0.3 is 24.8 Å². The van der Waals surface area contributed by atoms with Crippen LogP contribution in [0.25, 0.3) is 0 Å². The van der Waals surface area contributed by atoms with Crippen LogP contribution in [0.2, 0.25) is 0 Å². The minimum Gasteiger partial charge on any atom is -0.493 e. The summed E-state index contributed by atoms with van der Waals surface area (Å²) in [5.74, 6) is 0.869. The third-order valence-electron chi connectivity index (χ3n) is 5.19. The van der Waals surface area contributed by atoms with Crippen LogP contribution in [0.5, 0.6) is 11.5 Å². The molecule has 1 heterocycles. The van der Waals surface area contributed by atoms with Gasteiger partial charge in [0.15, 0.2) is 17.5 Å². The van der Waals surface area contributed by atoms with Gasteiger partial charge in [0.05, 0.1) is 20.3 Å². The minimum absolute atomic E-state index is 0.00165. The molecule has 7 nitrogen and oxygen atoms in total. The number of alkyl halides is 2. The number of guanidine groups is 1. The van der Waals surface area contributed by atoms with Gasteiger partial charge >= 0.3 is 6.61 Å². The summed E-state index contributed by atoms with van der Waals surface area (Å²) >= 11 is 0. The first-order chi connectivity index (χ1) is 15.6. The third kappa shape index (κ3) is 7.06. The molecule has 2 aromatic rings. The number of halogens is 2. The monoisotopic (exact) mass is 448 g/mol. The molecule has 1 saturated heterocycles.